The fourth-order valence-corrected chi connectivity index (χ4v) is 3.65. The third-order valence-electron chi connectivity index (χ3n) is 5.46. The number of aromatic nitrogens is 2. The Kier molecular flexibility index (Phi) is 6.26. The van der Waals surface area contributed by atoms with E-state index in [1.807, 2.05) is 74.6 Å². The number of amides is 1. The number of nitrogens with one attached hydrogen (secondary N) is 1. The van der Waals surface area contributed by atoms with Gasteiger partial charge in [0.1, 0.15) is 5.82 Å². The summed E-state index contributed by atoms with van der Waals surface area (Å²) in [6.45, 7) is 1.99. The summed E-state index contributed by atoms with van der Waals surface area (Å²) in [5, 5.41) is 2.87. The monoisotopic (exact) mass is 423 g/mol. The van der Waals surface area contributed by atoms with E-state index >= 15 is 0 Å². The lowest BCUT2D eigenvalue weighted by molar-refractivity contribution is -0.115. The molecule has 5 nitrogen and oxygen atoms in total. The summed E-state index contributed by atoms with van der Waals surface area (Å²) in [6.07, 6.45) is 2.63. The maximum atomic E-state index is 12.8. The Morgan fingerprint density at radius 1 is 0.906 bits per heavy atom. The molecule has 5 heteroatoms. The lowest BCUT2D eigenvalue weighted by atomic mass is 10.1. The molecule has 0 saturated heterocycles. The summed E-state index contributed by atoms with van der Waals surface area (Å²) < 4.78 is 1.78. The maximum absolute atomic E-state index is 12.8. The molecule has 1 N–H and O–H groups in total. The number of hydrogen-bond donors (Lipinski definition) is 1. The van der Waals surface area contributed by atoms with E-state index in [1.165, 1.54) is 5.56 Å². The normalized spacial score (nSPS) is 10.7. The molecule has 0 spiro atoms. The maximum Gasteiger partial charge on any atom is 0.231 e. The second-order valence-electron chi connectivity index (χ2n) is 7.90. The fraction of sp³-hybridized carbons (Fsp3) is 0.148. The van der Waals surface area contributed by atoms with Gasteiger partial charge in [0.2, 0.25) is 11.7 Å². The number of pyridine rings is 1. The predicted octanol–water partition coefficient (Wildman–Crippen LogP) is 4.73. The van der Waals surface area contributed by atoms with Gasteiger partial charge in [0, 0.05) is 24.5 Å². The van der Waals surface area contributed by atoms with Gasteiger partial charge in [-0.25, -0.2) is 4.98 Å². The minimum absolute atomic E-state index is 0.0607. The van der Waals surface area contributed by atoms with E-state index in [-0.39, 0.29) is 18.1 Å². The number of aryl methyl sites for hydroxylation is 1. The highest BCUT2D eigenvalue weighted by molar-refractivity contribution is 6.08. The molecule has 2 aromatic carbocycles. The van der Waals surface area contributed by atoms with Crippen molar-refractivity contribution in [2.75, 3.05) is 5.32 Å². The Morgan fingerprint density at radius 2 is 1.66 bits per heavy atom. The van der Waals surface area contributed by atoms with Gasteiger partial charge in [-0.05, 0) is 48.7 Å². The molecule has 1 amide bonds. The van der Waals surface area contributed by atoms with Gasteiger partial charge in [-0.2, -0.15) is 0 Å². The molecule has 0 bridgehead atoms. The van der Waals surface area contributed by atoms with E-state index in [0.717, 1.165) is 23.2 Å². The number of ketones is 1. The highest BCUT2D eigenvalue weighted by atomic mass is 16.1. The van der Waals surface area contributed by atoms with Gasteiger partial charge in [0.25, 0.3) is 0 Å². The van der Waals surface area contributed by atoms with Crippen molar-refractivity contribution in [1.82, 2.24) is 9.55 Å². The standard InChI is InChI=1S/C27H25N3O2/c1-19-8-10-22(11-9-19)27(32)24-13-12-23(30(24)2)18-26(31)29-25-17-21(14-15-28-25)16-20-6-4-3-5-7-20/h3-15,17H,16,18H2,1-2H3,(H,28,29,31). The van der Waals surface area contributed by atoms with Gasteiger partial charge in [-0.1, -0.05) is 60.2 Å². The number of rotatable bonds is 7. The second kappa shape index (κ2) is 9.43. The predicted molar refractivity (Wildman–Crippen MR) is 126 cm³/mol. The first-order valence-electron chi connectivity index (χ1n) is 10.5. The summed E-state index contributed by atoms with van der Waals surface area (Å²) in [4.78, 5) is 29.7. The van der Waals surface area contributed by atoms with Gasteiger partial charge in [-0.3, -0.25) is 9.59 Å². The molecule has 0 saturated carbocycles. The summed E-state index contributed by atoms with van der Waals surface area (Å²) in [7, 11) is 1.81. The van der Waals surface area contributed by atoms with Crippen LogP contribution in [0.3, 0.4) is 0 Å². The lowest BCUT2D eigenvalue weighted by Crippen LogP contribution is -2.18. The first-order valence-corrected chi connectivity index (χ1v) is 10.5. The topological polar surface area (TPSA) is 64.0 Å². The molecule has 0 aliphatic rings. The van der Waals surface area contributed by atoms with Crippen molar-refractivity contribution < 1.29 is 9.59 Å². The van der Waals surface area contributed by atoms with Gasteiger partial charge in [0.05, 0.1) is 12.1 Å². The second-order valence-corrected chi connectivity index (χ2v) is 7.90. The van der Waals surface area contributed by atoms with Crippen LogP contribution in [-0.4, -0.2) is 21.2 Å². The molecule has 0 aliphatic heterocycles. The summed E-state index contributed by atoms with van der Waals surface area (Å²) >= 11 is 0. The van der Waals surface area contributed by atoms with Gasteiger partial charge in [0.15, 0.2) is 0 Å². The third-order valence-corrected chi connectivity index (χ3v) is 5.46. The quantitative estimate of drug-likeness (QED) is 0.437. The van der Waals surface area contributed by atoms with Crippen LogP contribution < -0.4 is 5.32 Å². The molecular weight excluding hydrogens is 398 g/mol. The number of carbonyl (C=O) groups excluding carboxylic acids is 2. The Morgan fingerprint density at radius 3 is 2.41 bits per heavy atom. The number of benzene rings is 2. The first kappa shape index (κ1) is 21.2. The van der Waals surface area contributed by atoms with Crippen LogP contribution in [0, 0.1) is 6.92 Å². The number of anilines is 1. The Hall–Kier alpha value is -3.99. The number of carbonyl (C=O) groups is 2. The zero-order chi connectivity index (χ0) is 22.5. The van der Waals surface area contributed by atoms with E-state index in [2.05, 4.69) is 22.4 Å². The van der Waals surface area contributed by atoms with Crippen molar-refractivity contribution in [2.24, 2.45) is 7.05 Å². The molecule has 4 rings (SSSR count). The number of hydrogen-bond acceptors (Lipinski definition) is 3. The zero-order valence-corrected chi connectivity index (χ0v) is 18.2. The molecule has 2 aromatic heterocycles. The van der Waals surface area contributed by atoms with Crippen molar-refractivity contribution in [3.63, 3.8) is 0 Å². The van der Waals surface area contributed by atoms with E-state index in [0.29, 0.717) is 17.1 Å². The summed E-state index contributed by atoms with van der Waals surface area (Å²) in [6, 6.07) is 25.1. The molecule has 2 heterocycles. The molecule has 0 radical (unpaired) electrons. The zero-order valence-electron chi connectivity index (χ0n) is 18.2. The van der Waals surface area contributed by atoms with Crippen LogP contribution in [0.25, 0.3) is 0 Å². The van der Waals surface area contributed by atoms with Gasteiger partial charge >= 0.3 is 0 Å². The van der Waals surface area contributed by atoms with E-state index < -0.39 is 0 Å². The molecule has 0 aliphatic carbocycles. The van der Waals surface area contributed by atoms with Crippen molar-refractivity contribution in [1.29, 1.82) is 0 Å². The minimum atomic E-state index is -0.176. The van der Waals surface area contributed by atoms with Gasteiger partial charge in [-0.15, -0.1) is 0 Å². The molecule has 32 heavy (non-hydrogen) atoms. The SMILES string of the molecule is Cc1ccc(C(=O)c2ccc(CC(=O)Nc3cc(Cc4ccccc4)ccn3)n2C)cc1. The third kappa shape index (κ3) is 5.01. The van der Waals surface area contributed by atoms with Crippen LogP contribution in [0.1, 0.15) is 38.4 Å². The molecular formula is C27H25N3O2. The van der Waals surface area contributed by atoms with Crippen molar-refractivity contribution in [3.05, 3.63) is 119 Å². The van der Waals surface area contributed by atoms with Crippen LogP contribution in [0.5, 0.6) is 0 Å². The minimum Gasteiger partial charge on any atom is -0.344 e. The van der Waals surface area contributed by atoms with Crippen molar-refractivity contribution in [3.8, 4) is 0 Å². The average molecular weight is 424 g/mol. The first-order chi connectivity index (χ1) is 15.5. The molecule has 160 valence electrons. The smallest absolute Gasteiger partial charge is 0.231 e. The Labute approximate surface area is 187 Å². The Bertz CT molecular complexity index is 1240. The summed E-state index contributed by atoms with van der Waals surface area (Å²) in [5.74, 6) is 0.285. The summed E-state index contributed by atoms with van der Waals surface area (Å²) in [5.41, 5.74) is 5.33. The van der Waals surface area contributed by atoms with Crippen LogP contribution in [0.2, 0.25) is 0 Å². The van der Waals surface area contributed by atoms with E-state index in [1.54, 1.807) is 16.8 Å². The average Bonchev–Trinajstić information content (AvgIpc) is 3.14. The number of nitrogens with zero attached hydrogens (tertiary/aromatic N) is 2. The fourth-order valence-electron chi connectivity index (χ4n) is 3.65. The van der Waals surface area contributed by atoms with Crippen molar-refractivity contribution >= 4 is 17.5 Å². The molecule has 0 unspecified atom stereocenters. The molecule has 0 fully saturated rings. The van der Waals surface area contributed by atoms with Crippen LogP contribution in [0.4, 0.5) is 5.82 Å². The van der Waals surface area contributed by atoms with Crippen LogP contribution in [-0.2, 0) is 24.7 Å². The Balaban J connectivity index is 1.42. The van der Waals surface area contributed by atoms with Crippen LogP contribution in [0.15, 0.2) is 85.1 Å². The van der Waals surface area contributed by atoms with Gasteiger partial charge < -0.3 is 9.88 Å². The highest BCUT2D eigenvalue weighted by Gasteiger charge is 2.16. The lowest BCUT2D eigenvalue weighted by Gasteiger charge is -2.09. The van der Waals surface area contributed by atoms with E-state index in [4.69, 9.17) is 0 Å². The largest absolute Gasteiger partial charge is 0.344 e. The highest BCUT2D eigenvalue weighted by Crippen LogP contribution is 2.16. The van der Waals surface area contributed by atoms with E-state index in [9.17, 15) is 9.59 Å². The molecule has 4 aromatic rings. The van der Waals surface area contributed by atoms with Crippen molar-refractivity contribution in [2.45, 2.75) is 19.8 Å². The van der Waals surface area contributed by atoms with Crippen LogP contribution >= 0.6 is 0 Å². The molecule has 0 atom stereocenters.